The molecule has 5 nitrogen and oxygen atoms in total. The highest BCUT2D eigenvalue weighted by Crippen LogP contribution is 2.22. The lowest BCUT2D eigenvalue weighted by Gasteiger charge is -2.15. The number of aromatic amines is 1. The first-order valence-electron chi connectivity index (χ1n) is 7.48. The molecule has 1 aromatic carbocycles. The van der Waals surface area contributed by atoms with Crippen molar-refractivity contribution in [2.24, 2.45) is 0 Å². The molecule has 0 fully saturated rings. The molecule has 6 heteroatoms. The summed E-state index contributed by atoms with van der Waals surface area (Å²) in [5.74, 6) is 0.449. The van der Waals surface area contributed by atoms with Crippen LogP contribution in [0.2, 0.25) is 5.02 Å². The Hall–Kier alpha value is -2.14. The summed E-state index contributed by atoms with van der Waals surface area (Å²) in [6.07, 6.45) is 0.582. The van der Waals surface area contributed by atoms with Gasteiger partial charge < -0.3 is 10.3 Å². The van der Waals surface area contributed by atoms with Gasteiger partial charge in [0.25, 0.3) is 5.56 Å². The Balaban J connectivity index is 1.99. The molecule has 1 atom stereocenters. The number of carbonyl (C=O) groups is 1. The maximum absolute atomic E-state index is 12.1. The van der Waals surface area contributed by atoms with Gasteiger partial charge in [0.15, 0.2) is 0 Å². The first-order valence-corrected chi connectivity index (χ1v) is 7.86. The lowest BCUT2D eigenvalue weighted by atomic mass is 10.1. The maximum Gasteiger partial charge on any atom is 0.254 e. The van der Waals surface area contributed by atoms with Crippen molar-refractivity contribution in [3.63, 3.8) is 0 Å². The standard InChI is InChI=1S/C17H20ClN3O2/c1-10(13-6-4-5-7-15(13)18)20-16(22)9-8-14-11(2)19-12(3)21-17(14)23/h4-7,10H,8-9H2,1-3H3,(H,20,22)(H,19,21,23)/t10-/m0/s1. The number of H-pyrrole nitrogens is 1. The number of benzene rings is 1. The number of amides is 1. The van der Waals surface area contributed by atoms with Crippen LogP contribution in [0.1, 0.15) is 42.0 Å². The van der Waals surface area contributed by atoms with Gasteiger partial charge >= 0.3 is 0 Å². The topological polar surface area (TPSA) is 74.8 Å². The van der Waals surface area contributed by atoms with E-state index in [1.54, 1.807) is 19.9 Å². The minimum atomic E-state index is -0.188. The summed E-state index contributed by atoms with van der Waals surface area (Å²) in [5.41, 5.74) is 1.91. The third kappa shape index (κ3) is 4.42. The Kier molecular flexibility index (Phi) is 5.55. The summed E-state index contributed by atoms with van der Waals surface area (Å²) in [4.78, 5) is 30.9. The van der Waals surface area contributed by atoms with Crippen molar-refractivity contribution in [2.75, 3.05) is 0 Å². The van der Waals surface area contributed by atoms with E-state index in [1.807, 2.05) is 25.1 Å². The third-order valence-electron chi connectivity index (χ3n) is 3.69. The zero-order valence-corrected chi connectivity index (χ0v) is 14.2. The van der Waals surface area contributed by atoms with Gasteiger partial charge in [0.2, 0.25) is 5.91 Å². The van der Waals surface area contributed by atoms with E-state index in [0.717, 1.165) is 5.56 Å². The van der Waals surface area contributed by atoms with Gasteiger partial charge in [-0.3, -0.25) is 9.59 Å². The lowest BCUT2D eigenvalue weighted by Crippen LogP contribution is -2.28. The van der Waals surface area contributed by atoms with E-state index in [9.17, 15) is 9.59 Å². The second kappa shape index (κ2) is 7.42. The number of carbonyl (C=O) groups excluding carboxylic acids is 1. The Labute approximate surface area is 140 Å². The number of rotatable bonds is 5. The molecule has 0 unspecified atom stereocenters. The molecule has 0 aliphatic heterocycles. The zero-order valence-electron chi connectivity index (χ0n) is 13.4. The van der Waals surface area contributed by atoms with Crippen molar-refractivity contribution >= 4 is 17.5 Å². The minimum Gasteiger partial charge on any atom is -0.350 e. The maximum atomic E-state index is 12.1. The van der Waals surface area contributed by atoms with E-state index in [-0.39, 0.29) is 23.9 Å². The molecule has 2 aromatic rings. The van der Waals surface area contributed by atoms with E-state index >= 15 is 0 Å². The summed E-state index contributed by atoms with van der Waals surface area (Å²) in [7, 11) is 0. The summed E-state index contributed by atoms with van der Waals surface area (Å²) in [6.45, 7) is 5.39. The van der Waals surface area contributed by atoms with Crippen LogP contribution in [0.15, 0.2) is 29.1 Å². The highest BCUT2D eigenvalue weighted by molar-refractivity contribution is 6.31. The van der Waals surface area contributed by atoms with Gasteiger partial charge in [-0.1, -0.05) is 29.8 Å². The normalized spacial score (nSPS) is 12.0. The molecule has 1 aromatic heterocycles. The first kappa shape index (κ1) is 17.2. The average molecular weight is 334 g/mol. The van der Waals surface area contributed by atoms with Crippen LogP contribution >= 0.6 is 11.6 Å². The Morgan fingerprint density at radius 2 is 2.04 bits per heavy atom. The molecule has 1 heterocycles. The SMILES string of the molecule is Cc1nc(C)c(CCC(=O)N[C@@H](C)c2ccccc2Cl)c(=O)[nH]1. The van der Waals surface area contributed by atoms with E-state index in [4.69, 9.17) is 11.6 Å². The van der Waals surface area contributed by atoms with E-state index < -0.39 is 0 Å². The predicted molar refractivity (Wildman–Crippen MR) is 90.7 cm³/mol. The van der Waals surface area contributed by atoms with Crippen molar-refractivity contribution in [2.45, 2.75) is 39.7 Å². The van der Waals surface area contributed by atoms with Crippen LogP contribution < -0.4 is 10.9 Å². The van der Waals surface area contributed by atoms with Crippen LogP contribution in [0.25, 0.3) is 0 Å². The molecular weight excluding hydrogens is 314 g/mol. The summed E-state index contributed by atoms with van der Waals surface area (Å²) < 4.78 is 0. The highest BCUT2D eigenvalue weighted by Gasteiger charge is 2.14. The predicted octanol–water partition coefficient (Wildman–Crippen LogP) is 2.85. The second-order valence-electron chi connectivity index (χ2n) is 5.53. The molecule has 2 rings (SSSR count). The number of hydrogen-bond donors (Lipinski definition) is 2. The molecule has 0 spiro atoms. The molecule has 0 saturated heterocycles. The van der Waals surface area contributed by atoms with Crippen LogP contribution in [0.5, 0.6) is 0 Å². The number of nitrogens with one attached hydrogen (secondary N) is 2. The van der Waals surface area contributed by atoms with Crippen LogP contribution in [-0.2, 0) is 11.2 Å². The number of aromatic nitrogens is 2. The van der Waals surface area contributed by atoms with Gasteiger partial charge in [0.1, 0.15) is 5.82 Å². The molecule has 1 amide bonds. The molecule has 0 bridgehead atoms. The molecular formula is C17H20ClN3O2. The summed E-state index contributed by atoms with van der Waals surface area (Å²) >= 11 is 6.13. The number of aryl methyl sites for hydroxylation is 2. The molecule has 0 saturated carbocycles. The van der Waals surface area contributed by atoms with Gasteiger partial charge in [-0.25, -0.2) is 4.98 Å². The second-order valence-corrected chi connectivity index (χ2v) is 5.93. The number of nitrogens with zero attached hydrogens (tertiary/aromatic N) is 1. The van der Waals surface area contributed by atoms with Crippen LogP contribution in [0, 0.1) is 13.8 Å². The number of hydrogen-bond acceptors (Lipinski definition) is 3. The Morgan fingerprint density at radius 3 is 2.70 bits per heavy atom. The molecule has 23 heavy (non-hydrogen) atoms. The first-order chi connectivity index (χ1) is 10.9. The van der Waals surface area contributed by atoms with Gasteiger partial charge in [-0.05, 0) is 38.8 Å². The largest absolute Gasteiger partial charge is 0.350 e. The van der Waals surface area contributed by atoms with Crippen molar-refractivity contribution in [1.29, 1.82) is 0 Å². The fourth-order valence-corrected chi connectivity index (χ4v) is 2.80. The summed E-state index contributed by atoms with van der Waals surface area (Å²) in [6, 6.07) is 7.21. The highest BCUT2D eigenvalue weighted by atomic mass is 35.5. The van der Waals surface area contributed by atoms with Crippen LogP contribution in [-0.4, -0.2) is 15.9 Å². The molecule has 122 valence electrons. The molecule has 2 N–H and O–H groups in total. The van der Waals surface area contributed by atoms with Gasteiger partial charge in [-0.2, -0.15) is 0 Å². The Morgan fingerprint density at radius 1 is 1.35 bits per heavy atom. The molecule has 0 aliphatic rings. The van der Waals surface area contributed by atoms with Gasteiger partial charge in [0.05, 0.1) is 6.04 Å². The van der Waals surface area contributed by atoms with Crippen LogP contribution in [0.4, 0.5) is 0 Å². The monoisotopic (exact) mass is 333 g/mol. The smallest absolute Gasteiger partial charge is 0.254 e. The van der Waals surface area contributed by atoms with E-state index in [1.165, 1.54) is 0 Å². The fourth-order valence-electron chi connectivity index (χ4n) is 2.50. The van der Waals surface area contributed by atoms with Crippen molar-refractivity contribution in [3.8, 4) is 0 Å². The number of halogens is 1. The van der Waals surface area contributed by atoms with Gasteiger partial charge in [-0.15, -0.1) is 0 Å². The quantitative estimate of drug-likeness (QED) is 0.883. The Bertz CT molecular complexity index is 771. The fraction of sp³-hybridized carbons (Fsp3) is 0.353. The minimum absolute atomic E-state index is 0.128. The molecule has 0 radical (unpaired) electrons. The summed E-state index contributed by atoms with van der Waals surface area (Å²) in [5, 5.41) is 3.52. The van der Waals surface area contributed by atoms with Crippen LogP contribution in [0.3, 0.4) is 0 Å². The van der Waals surface area contributed by atoms with E-state index in [0.29, 0.717) is 28.5 Å². The molecule has 0 aliphatic carbocycles. The third-order valence-corrected chi connectivity index (χ3v) is 4.04. The zero-order chi connectivity index (χ0) is 17.0. The average Bonchev–Trinajstić information content (AvgIpc) is 2.46. The van der Waals surface area contributed by atoms with E-state index in [2.05, 4.69) is 15.3 Å². The van der Waals surface area contributed by atoms with Crippen molar-refractivity contribution in [3.05, 3.63) is 62.3 Å². The van der Waals surface area contributed by atoms with Crippen molar-refractivity contribution < 1.29 is 4.79 Å². The van der Waals surface area contributed by atoms with Gasteiger partial charge in [0, 0.05) is 22.7 Å². The van der Waals surface area contributed by atoms with Crippen molar-refractivity contribution in [1.82, 2.24) is 15.3 Å². The lowest BCUT2D eigenvalue weighted by molar-refractivity contribution is -0.121.